The van der Waals surface area contributed by atoms with Gasteiger partial charge in [0.2, 0.25) is 0 Å². The molecule has 0 spiro atoms. The monoisotopic (exact) mass is 304 g/mol. The van der Waals surface area contributed by atoms with Crippen LogP contribution < -0.4 is 5.32 Å². The highest BCUT2D eigenvalue weighted by Gasteiger charge is 2.27. The Morgan fingerprint density at radius 2 is 2.18 bits per heavy atom. The molecular formula is C17H24N2O3. The first-order valence-corrected chi connectivity index (χ1v) is 7.81. The molecule has 5 nitrogen and oxygen atoms in total. The third-order valence-electron chi connectivity index (χ3n) is 4.12. The minimum atomic E-state index is -0.817. The van der Waals surface area contributed by atoms with Crippen molar-refractivity contribution in [2.45, 2.75) is 39.2 Å². The Labute approximate surface area is 131 Å². The fourth-order valence-electron chi connectivity index (χ4n) is 2.71. The number of nitrogens with one attached hydrogen (secondary N) is 1. The predicted octanol–water partition coefficient (Wildman–Crippen LogP) is 2.82. The number of carboxylic acids is 1. The Bertz CT molecular complexity index is 542. The fraction of sp³-hybridized carbons (Fsp3) is 0.529. The standard InChI is InChI=1S/C17H24N2O3/c1-12(2)14-6-3-5-13(9-14)10-18-17(22)19-8-4-7-15(11-19)16(20)21/h3,5-6,9,12,15H,4,7-8,10-11H2,1-2H3,(H,18,22)(H,20,21). The molecule has 0 aliphatic carbocycles. The number of carboxylic acid groups (broad SMARTS) is 1. The largest absolute Gasteiger partial charge is 0.481 e. The second kappa shape index (κ2) is 7.29. The summed E-state index contributed by atoms with van der Waals surface area (Å²) in [7, 11) is 0. The lowest BCUT2D eigenvalue weighted by atomic mass is 9.99. The predicted molar refractivity (Wildman–Crippen MR) is 84.7 cm³/mol. The molecular weight excluding hydrogens is 280 g/mol. The van der Waals surface area contributed by atoms with Crippen molar-refractivity contribution in [1.82, 2.24) is 10.2 Å². The number of hydrogen-bond acceptors (Lipinski definition) is 2. The van der Waals surface area contributed by atoms with E-state index in [1.165, 1.54) is 5.56 Å². The first-order chi connectivity index (χ1) is 10.5. The number of carbonyl (C=O) groups is 2. The van der Waals surface area contributed by atoms with Crippen LogP contribution in [-0.4, -0.2) is 35.1 Å². The third-order valence-corrected chi connectivity index (χ3v) is 4.12. The number of benzene rings is 1. The Hall–Kier alpha value is -2.04. The molecule has 2 amide bonds. The Morgan fingerprint density at radius 1 is 1.41 bits per heavy atom. The van der Waals surface area contributed by atoms with Crippen LogP contribution in [0.2, 0.25) is 0 Å². The number of urea groups is 1. The van der Waals surface area contributed by atoms with Crippen molar-refractivity contribution in [3.8, 4) is 0 Å². The average molecular weight is 304 g/mol. The summed E-state index contributed by atoms with van der Waals surface area (Å²) in [5.74, 6) is -0.806. The molecule has 0 aromatic heterocycles. The minimum absolute atomic E-state index is 0.180. The summed E-state index contributed by atoms with van der Waals surface area (Å²) in [5, 5.41) is 12.0. The minimum Gasteiger partial charge on any atom is -0.481 e. The summed E-state index contributed by atoms with van der Waals surface area (Å²) in [6.07, 6.45) is 1.39. The van der Waals surface area contributed by atoms with Crippen molar-refractivity contribution in [1.29, 1.82) is 0 Å². The highest BCUT2D eigenvalue weighted by Crippen LogP contribution is 2.17. The van der Waals surface area contributed by atoms with Crippen molar-refractivity contribution in [3.05, 3.63) is 35.4 Å². The van der Waals surface area contributed by atoms with Gasteiger partial charge in [-0.3, -0.25) is 4.79 Å². The number of piperidine rings is 1. The van der Waals surface area contributed by atoms with Gasteiger partial charge in [0.1, 0.15) is 0 Å². The summed E-state index contributed by atoms with van der Waals surface area (Å²) >= 11 is 0. The maximum Gasteiger partial charge on any atom is 0.317 e. The van der Waals surface area contributed by atoms with Crippen LogP contribution in [0.1, 0.15) is 43.7 Å². The molecule has 5 heteroatoms. The van der Waals surface area contributed by atoms with Gasteiger partial charge in [-0.15, -0.1) is 0 Å². The Balaban J connectivity index is 1.89. The zero-order chi connectivity index (χ0) is 16.1. The van der Waals surface area contributed by atoms with E-state index in [1.54, 1.807) is 4.90 Å². The van der Waals surface area contributed by atoms with Gasteiger partial charge >= 0.3 is 12.0 Å². The van der Waals surface area contributed by atoms with E-state index in [0.29, 0.717) is 32.0 Å². The first kappa shape index (κ1) is 16.3. The van der Waals surface area contributed by atoms with E-state index in [4.69, 9.17) is 5.11 Å². The summed E-state index contributed by atoms with van der Waals surface area (Å²) in [6, 6.07) is 7.99. The molecule has 2 rings (SSSR count). The molecule has 120 valence electrons. The lowest BCUT2D eigenvalue weighted by Gasteiger charge is -2.30. The quantitative estimate of drug-likeness (QED) is 0.898. The molecule has 22 heavy (non-hydrogen) atoms. The van der Waals surface area contributed by atoms with E-state index < -0.39 is 11.9 Å². The molecule has 1 saturated heterocycles. The lowest BCUT2D eigenvalue weighted by molar-refractivity contribution is -0.143. The summed E-state index contributed by atoms with van der Waals surface area (Å²) < 4.78 is 0. The molecule has 1 aliphatic rings. The van der Waals surface area contributed by atoms with Gasteiger partial charge in [0, 0.05) is 19.6 Å². The molecule has 1 aromatic rings. The number of likely N-dealkylation sites (tertiary alicyclic amines) is 1. The van der Waals surface area contributed by atoms with E-state index in [0.717, 1.165) is 12.0 Å². The molecule has 0 saturated carbocycles. The highest BCUT2D eigenvalue weighted by molar-refractivity contribution is 5.76. The van der Waals surface area contributed by atoms with Crippen LogP contribution in [0.25, 0.3) is 0 Å². The van der Waals surface area contributed by atoms with Gasteiger partial charge in [0.25, 0.3) is 0 Å². The van der Waals surface area contributed by atoms with Gasteiger partial charge in [-0.2, -0.15) is 0 Å². The van der Waals surface area contributed by atoms with E-state index in [-0.39, 0.29) is 6.03 Å². The van der Waals surface area contributed by atoms with Gasteiger partial charge in [-0.25, -0.2) is 4.79 Å². The van der Waals surface area contributed by atoms with Gasteiger partial charge in [-0.1, -0.05) is 38.1 Å². The van der Waals surface area contributed by atoms with Crippen molar-refractivity contribution in [2.75, 3.05) is 13.1 Å². The summed E-state index contributed by atoms with van der Waals surface area (Å²) in [5.41, 5.74) is 2.31. The number of amides is 2. The van der Waals surface area contributed by atoms with E-state index in [1.807, 2.05) is 12.1 Å². The molecule has 1 fully saturated rings. The molecule has 0 bridgehead atoms. The number of carbonyl (C=O) groups excluding carboxylic acids is 1. The summed E-state index contributed by atoms with van der Waals surface area (Å²) in [6.45, 7) is 5.66. The van der Waals surface area contributed by atoms with E-state index >= 15 is 0 Å². The van der Waals surface area contributed by atoms with Crippen LogP contribution in [0.3, 0.4) is 0 Å². The molecule has 0 radical (unpaired) electrons. The van der Waals surface area contributed by atoms with Crippen molar-refractivity contribution >= 4 is 12.0 Å². The third kappa shape index (κ3) is 4.23. The molecule has 1 atom stereocenters. The van der Waals surface area contributed by atoms with Crippen LogP contribution in [0.5, 0.6) is 0 Å². The highest BCUT2D eigenvalue weighted by atomic mass is 16.4. The van der Waals surface area contributed by atoms with Crippen LogP contribution in [0.4, 0.5) is 4.79 Å². The topological polar surface area (TPSA) is 69.6 Å². The molecule has 1 heterocycles. The molecule has 2 N–H and O–H groups in total. The number of aliphatic carboxylic acids is 1. The first-order valence-electron chi connectivity index (χ1n) is 7.81. The smallest absolute Gasteiger partial charge is 0.317 e. The lowest BCUT2D eigenvalue weighted by Crippen LogP contribution is -2.46. The van der Waals surface area contributed by atoms with Crippen LogP contribution >= 0.6 is 0 Å². The van der Waals surface area contributed by atoms with Crippen molar-refractivity contribution < 1.29 is 14.7 Å². The maximum atomic E-state index is 12.2. The molecule has 1 aromatic carbocycles. The summed E-state index contributed by atoms with van der Waals surface area (Å²) in [4.78, 5) is 24.8. The molecule has 1 unspecified atom stereocenters. The van der Waals surface area contributed by atoms with E-state index in [9.17, 15) is 9.59 Å². The fourth-order valence-corrected chi connectivity index (χ4v) is 2.71. The van der Waals surface area contributed by atoms with Gasteiger partial charge in [-0.05, 0) is 29.9 Å². The van der Waals surface area contributed by atoms with Gasteiger partial charge in [0.15, 0.2) is 0 Å². The number of rotatable bonds is 4. The van der Waals surface area contributed by atoms with Crippen molar-refractivity contribution in [3.63, 3.8) is 0 Å². The zero-order valence-electron chi connectivity index (χ0n) is 13.2. The number of nitrogens with zero attached hydrogens (tertiary/aromatic N) is 1. The number of hydrogen-bond donors (Lipinski definition) is 2. The normalized spacial score (nSPS) is 18.3. The van der Waals surface area contributed by atoms with Crippen LogP contribution in [-0.2, 0) is 11.3 Å². The maximum absolute atomic E-state index is 12.2. The second-order valence-electron chi connectivity index (χ2n) is 6.18. The van der Waals surface area contributed by atoms with Crippen LogP contribution in [0.15, 0.2) is 24.3 Å². The zero-order valence-corrected chi connectivity index (χ0v) is 13.2. The average Bonchev–Trinajstić information content (AvgIpc) is 2.53. The Morgan fingerprint density at radius 3 is 2.86 bits per heavy atom. The van der Waals surface area contributed by atoms with Gasteiger partial charge < -0.3 is 15.3 Å². The molecule has 1 aliphatic heterocycles. The van der Waals surface area contributed by atoms with E-state index in [2.05, 4.69) is 31.3 Å². The SMILES string of the molecule is CC(C)c1cccc(CNC(=O)N2CCCC(C(=O)O)C2)c1. The van der Waals surface area contributed by atoms with Crippen molar-refractivity contribution in [2.24, 2.45) is 5.92 Å². The Kier molecular flexibility index (Phi) is 5.41. The second-order valence-corrected chi connectivity index (χ2v) is 6.18. The van der Waals surface area contributed by atoms with Crippen LogP contribution in [0, 0.1) is 5.92 Å². The van der Waals surface area contributed by atoms with Gasteiger partial charge in [0.05, 0.1) is 5.92 Å².